The molecular weight excluding hydrogens is 226 g/mol. The first kappa shape index (κ1) is 13.9. The zero-order valence-electron chi connectivity index (χ0n) is 11.6. The zero-order valence-corrected chi connectivity index (χ0v) is 11.6. The molecule has 2 aliphatic rings. The highest BCUT2D eigenvalue weighted by Gasteiger charge is 2.34. The summed E-state index contributed by atoms with van der Waals surface area (Å²) in [6, 6.07) is 0. The van der Waals surface area contributed by atoms with Gasteiger partial charge in [-0.15, -0.1) is 0 Å². The Kier molecular flexibility index (Phi) is 4.66. The van der Waals surface area contributed by atoms with Crippen molar-refractivity contribution in [3.8, 4) is 0 Å². The van der Waals surface area contributed by atoms with Gasteiger partial charge in [0.25, 0.3) is 0 Å². The highest BCUT2D eigenvalue weighted by molar-refractivity contribution is 5.78. The lowest BCUT2D eigenvalue weighted by Crippen LogP contribution is -2.41. The van der Waals surface area contributed by atoms with E-state index in [0.29, 0.717) is 6.54 Å². The van der Waals surface area contributed by atoms with Crippen LogP contribution >= 0.6 is 0 Å². The summed E-state index contributed by atoms with van der Waals surface area (Å²) < 4.78 is 0. The first-order chi connectivity index (χ1) is 8.65. The fourth-order valence-electron chi connectivity index (χ4n) is 3.46. The predicted molar refractivity (Wildman–Crippen MR) is 72.1 cm³/mol. The Balaban J connectivity index is 1.77. The molecule has 3 heteroatoms. The molecule has 2 aliphatic carbocycles. The van der Waals surface area contributed by atoms with Gasteiger partial charge >= 0.3 is 0 Å². The Morgan fingerprint density at radius 1 is 1.22 bits per heavy atom. The van der Waals surface area contributed by atoms with Crippen LogP contribution in [0.25, 0.3) is 0 Å². The molecule has 0 aliphatic heterocycles. The Morgan fingerprint density at radius 2 is 1.83 bits per heavy atom. The van der Waals surface area contributed by atoms with Crippen LogP contribution < -0.4 is 5.32 Å². The van der Waals surface area contributed by atoms with Crippen molar-refractivity contribution in [1.29, 1.82) is 0 Å². The van der Waals surface area contributed by atoms with E-state index >= 15 is 0 Å². The van der Waals surface area contributed by atoms with Crippen LogP contribution in [0.2, 0.25) is 0 Å². The molecule has 2 rings (SSSR count). The third-order valence-electron chi connectivity index (χ3n) is 5.02. The molecule has 104 valence electrons. The van der Waals surface area contributed by atoms with Crippen molar-refractivity contribution >= 4 is 5.91 Å². The molecule has 0 unspecified atom stereocenters. The van der Waals surface area contributed by atoms with Crippen LogP contribution in [0.3, 0.4) is 0 Å². The molecule has 0 heterocycles. The second-order valence-electron chi connectivity index (χ2n) is 6.54. The summed E-state index contributed by atoms with van der Waals surface area (Å²) in [5, 5.41) is 12.6. The lowest BCUT2D eigenvalue weighted by Gasteiger charge is -2.29. The second kappa shape index (κ2) is 6.05. The molecule has 0 radical (unpaired) electrons. The van der Waals surface area contributed by atoms with E-state index in [1.54, 1.807) is 0 Å². The van der Waals surface area contributed by atoms with Crippen molar-refractivity contribution in [2.45, 2.75) is 58.3 Å². The number of hydrogen-bond donors (Lipinski definition) is 2. The van der Waals surface area contributed by atoms with Crippen molar-refractivity contribution in [2.24, 2.45) is 17.3 Å². The molecule has 18 heavy (non-hydrogen) atoms. The number of amides is 1. The number of hydrogen-bond acceptors (Lipinski definition) is 2. The quantitative estimate of drug-likeness (QED) is 0.808. The van der Waals surface area contributed by atoms with E-state index in [1.165, 1.54) is 25.7 Å². The van der Waals surface area contributed by atoms with Crippen molar-refractivity contribution in [1.82, 2.24) is 5.32 Å². The Bertz CT molecular complexity index is 276. The van der Waals surface area contributed by atoms with E-state index in [-0.39, 0.29) is 23.8 Å². The van der Waals surface area contributed by atoms with E-state index in [0.717, 1.165) is 31.6 Å². The summed E-state index contributed by atoms with van der Waals surface area (Å²) in [4.78, 5) is 12.1. The molecule has 0 bridgehead atoms. The van der Waals surface area contributed by atoms with Crippen molar-refractivity contribution < 1.29 is 9.90 Å². The number of aliphatic hydroxyl groups excluding tert-OH is 1. The van der Waals surface area contributed by atoms with Gasteiger partial charge in [-0.25, -0.2) is 0 Å². The van der Waals surface area contributed by atoms with Gasteiger partial charge in [-0.3, -0.25) is 4.79 Å². The Labute approximate surface area is 110 Å². The van der Waals surface area contributed by atoms with Gasteiger partial charge in [0.05, 0.1) is 6.61 Å². The fraction of sp³-hybridized carbons (Fsp3) is 0.933. The third-order valence-corrected chi connectivity index (χ3v) is 5.02. The maximum Gasteiger partial charge on any atom is 0.223 e. The normalized spacial score (nSPS) is 31.2. The lowest BCUT2D eigenvalue weighted by molar-refractivity contribution is -0.126. The Morgan fingerprint density at radius 3 is 2.39 bits per heavy atom. The number of rotatable bonds is 4. The van der Waals surface area contributed by atoms with E-state index < -0.39 is 0 Å². The van der Waals surface area contributed by atoms with Crippen LogP contribution in [0.4, 0.5) is 0 Å². The van der Waals surface area contributed by atoms with Crippen molar-refractivity contribution in [3.05, 3.63) is 0 Å². The maximum absolute atomic E-state index is 12.1. The van der Waals surface area contributed by atoms with E-state index in [2.05, 4.69) is 12.2 Å². The lowest BCUT2D eigenvalue weighted by atomic mass is 9.82. The summed E-state index contributed by atoms with van der Waals surface area (Å²) in [5.74, 6) is 1.23. The standard InChI is InChI=1S/C15H27NO2/c1-12-4-6-13(7-5-12)14(18)16-10-15(11-17)8-2-3-9-15/h12-13,17H,2-11H2,1H3,(H,16,18). The largest absolute Gasteiger partial charge is 0.396 e. The summed E-state index contributed by atoms with van der Waals surface area (Å²) in [7, 11) is 0. The first-order valence-corrected chi connectivity index (χ1v) is 7.54. The summed E-state index contributed by atoms with van der Waals surface area (Å²) in [6.45, 7) is 3.16. The van der Waals surface area contributed by atoms with Gasteiger partial charge in [-0.1, -0.05) is 19.8 Å². The van der Waals surface area contributed by atoms with Gasteiger partial charge in [-0.2, -0.15) is 0 Å². The second-order valence-corrected chi connectivity index (χ2v) is 6.54. The van der Waals surface area contributed by atoms with Gasteiger partial charge in [0.2, 0.25) is 5.91 Å². The molecule has 3 nitrogen and oxygen atoms in total. The average Bonchev–Trinajstić information content (AvgIpc) is 2.86. The molecule has 1 amide bonds. The van der Waals surface area contributed by atoms with Crippen LogP contribution in [-0.2, 0) is 4.79 Å². The number of carbonyl (C=O) groups excluding carboxylic acids is 1. The summed E-state index contributed by atoms with van der Waals surface area (Å²) >= 11 is 0. The molecule has 2 saturated carbocycles. The molecule has 0 aromatic heterocycles. The van der Waals surface area contributed by atoms with Crippen LogP contribution in [0, 0.1) is 17.3 Å². The van der Waals surface area contributed by atoms with E-state index in [9.17, 15) is 9.90 Å². The van der Waals surface area contributed by atoms with Crippen molar-refractivity contribution in [2.75, 3.05) is 13.2 Å². The molecule has 2 N–H and O–H groups in total. The molecule has 2 fully saturated rings. The zero-order chi connectivity index (χ0) is 13.0. The topological polar surface area (TPSA) is 49.3 Å². The van der Waals surface area contributed by atoms with Crippen LogP contribution in [0.15, 0.2) is 0 Å². The molecule has 0 aromatic rings. The van der Waals surface area contributed by atoms with Gasteiger partial charge in [0.1, 0.15) is 0 Å². The first-order valence-electron chi connectivity index (χ1n) is 7.54. The van der Waals surface area contributed by atoms with Gasteiger partial charge in [0, 0.05) is 17.9 Å². The smallest absolute Gasteiger partial charge is 0.223 e. The summed E-state index contributed by atoms with van der Waals surface area (Å²) in [5.41, 5.74) is -0.0163. The van der Waals surface area contributed by atoms with E-state index in [4.69, 9.17) is 0 Å². The number of carbonyl (C=O) groups is 1. The van der Waals surface area contributed by atoms with E-state index in [1.807, 2.05) is 0 Å². The highest BCUT2D eigenvalue weighted by Crippen LogP contribution is 2.37. The minimum Gasteiger partial charge on any atom is -0.396 e. The minimum atomic E-state index is -0.0163. The van der Waals surface area contributed by atoms with Gasteiger partial charge in [0.15, 0.2) is 0 Å². The third kappa shape index (κ3) is 3.25. The van der Waals surface area contributed by atoms with Gasteiger partial charge < -0.3 is 10.4 Å². The molecule has 0 aromatic carbocycles. The Hall–Kier alpha value is -0.570. The SMILES string of the molecule is CC1CCC(C(=O)NCC2(CO)CCCC2)CC1. The fourth-order valence-corrected chi connectivity index (χ4v) is 3.46. The van der Waals surface area contributed by atoms with Gasteiger partial charge in [-0.05, 0) is 44.4 Å². The predicted octanol–water partition coefficient (Wildman–Crippen LogP) is 2.48. The van der Waals surface area contributed by atoms with Crippen LogP contribution in [-0.4, -0.2) is 24.2 Å². The summed E-state index contributed by atoms with van der Waals surface area (Å²) in [6.07, 6.45) is 8.95. The maximum atomic E-state index is 12.1. The van der Waals surface area contributed by atoms with Crippen LogP contribution in [0.5, 0.6) is 0 Å². The molecule has 0 atom stereocenters. The number of nitrogens with one attached hydrogen (secondary N) is 1. The molecule has 0 spiro atoms. The van der Waals surface area contributed by atoms with Crippen molar-refractivity contribution in [3.63, 3.8) is 0 Å². The van der Waals surface area contributed by atoms with Crippen LogP contribution in [0.1, 0.15) is 58.3 Å². The molecule has 0 saturated heterocycles. The molecular formula is C15H27NO2. The average molecular weight is 253 g/mol. The monoisotopic (exact) mass is 253 g/mol. The highest BCUT2D eigenvalue weighted by atomic mass is 16.3. The minimum absolute atomic E-state index is 0.0163. The number of aliphatic hydroxyl groups is 1.